The molecule has 0 saturated heterocycles. The Morgan fingerprint density at radius 3 is 2.56 bits per heavy atom. The normalized spacial score (nSPS) is 11.2. The molecule has 1 aromatic carbocycles. The second kappa shape index (κ2) is 7.82. The standard InChI is InChI=1S/C14H19NO2S/c1-4-9-15-14(18-3)10-13(16)11-5-7-12(17-2)8-6-11/h5-8,10,15H,4,9H2,1-3H3/b14-10-. The van der Waals surface area contributed by atoms with E-state index in [1.165, 1.54) is 0 Å². The quantitative estimate of drug-likeness (QED) is 0.607. The molecule has 0 radical (unpaired) electrons. The highest BCUT2D eigenvalue weighted by Crippen LogP contribution is 2.14. The Labute approximate surface area is 113 Å². The van der Waals surface area contributed by atoms with Crippen molar-refractivity contribution in [3.63, 3.8) is 0 Å². The molecule has 0 saturated carbocycles. The Bertz CT molecular complexity index is 412. The Morgan fingerprint density at radius 1 is 1.39 bits per heavy atom. The predicted molar refractivity (Wildman–Crippen MR) is 77.2 cm³/mol. The molecule has 0 atom stereocenters. The SMILES string of the molecule is CCCN/C(=C/C(=O)c1ccc(OC)cc1)SC. The van der Waals surface area contributed by atoms with Gasteiger partial charge in [-0.1, -0.05) is 6.92 Å². The highest BCUT2D eigenvalue weighted by atomic mass is 32.2. The van der Waals surface area contributed by atoms with Crippen LogP contribution in [0, 0.1) is 0 Å². The summed E-state index contributed by atoms with van der Waals surface area (Å²) in [6.45, 7) is 2.97. The zero-order valence-corrected chi connectivity index (χ0v) is 11.8. The van der Waals surface area contributed by atoms with Crippen molar-refractivity contribution in [2.75, 3.05) is 19.9 Å². The summed E-state index contributed by atoms with van der Waals surface area (Å²) < 4.78 is 5.06. The Kier molecular flexibility index (Phi) is 6.36. The summed E-state index contributed by atoms with van der Waals surface area (Å²) in [7, 11) is 1.61. The molecule has 18 heavy (non-hydrogen) atoms. The Hall–Kier alpha value is -1.42. The number of carbonyl (C=O) groups is 1. The molecule has 0 fully saturated rings. The van der Waals surface area contributed by atoms with Crippen LogP contribution in [0.5, 0.6) is 5.75 Å². The summed E-state index contributed by atoms with van der Waals surface area (Å²) in [5.41, 5.74) is 0.667. The van der Waals surface area contributed by atoms with E-state index in [1.54, 1.807) is 49.2 Å². The molecular formula is C14H19NO2S. The van der Waals surface area contributed by atoms with E-state index < -0.39 is 0 Å². The van der Waals surface area contributed by atoms with Gasteiger partial charge in [0.1, 0.15) is 5.75 Å². The minimum Gasteiger partial charge on any atom is -0.497 e. The molecular weight excluding hydrogens is 246 g/mol. The number of ether oxygens (including phenoxy) is 1. The van der Waals surface area contributed by atoms with Crippen molar-refractivity contribution in [1.82, 2.24) is 5.32 Å². The Balaban J connectivity index is 2.75. The number of methoxy groups -OCH3 is 1. The van der Waals surface area contributed by atoms with Gasteiger partial charge in [-0.15, -0.1) is 11.8 Å². The van der Waals surface area contributed by atoms with E-state index in [4.69, 9.17) is 4.74 Å². The van der Waals surface area contributed by atoms with Crippen LogP contribution < -0.4 is 10.1 Å². The zero-order valence-electron chi connectivity index (χ0n) is 11.0. The second-order valence-electron chi connectivity index (χ2n) is 3.73. The fraction of sp³-hybridized carbons (Fsp3) is 0.357. The van der Waals surface area contributed by atoms with Crippen LogP contribution in [0.4, 0.5) is 0 Å². The number of hydrogen-bond acceptors (Lipinski definition) is 4. The molecule has 0 heterocycles. The minimum absolute atomic E-state index is 0.00519. The number of thioether (sulfide) groups is 1. The first-order valence-corrected chi connectivity index (χ1v) is 7.11. The average Bonchev–Trinajstić information content (AvgIpc) is 2.43. The number of carbonyl (C=O) groups excluding carboxylic acids is 1. The molecule has 0 aliphatic carbocycles. The molecule has 4 heteroatoms. The highest BCUT2D eigenvalue weighted by molar-refractivity contribution is 8.02. The van der Waals surface area contributed by atoms with Gasteiger partial charge in [-0.25, -0.2) is 0 Å². The number of benzene rings is 1. The first kappa shape index (κ1) is 14.6. The minimum atomic E-state index is 0.00519. The lowest BCUT2D eigenvalue weighted by Crippen LogP contribution is -2.13. The Morgan fingerprint density at radius 2 is 2.06 bits per heavy atom. The van der Waals surface area contributed by atoms with Crippen LogP contribution in [-0.4, -0.2) is 25.7 Å². The molecule has 0 aliphatic rings. The summed E-state index contributed by atoms with van der Waals surface area (Å²) in [5, 5.41) is 4.12. The van der Waals surface area contributed by atoms with Gasteiger partial charge in [0.25, 0.3) is 0 Å². The van der Waals surface area contributed by atoms with Gasteiger partial charge >= 0.3 is 0 Å². The van der Waals surface area contributed by atoms with Gasteiger partial charge in [0.05, 0.1) is 12.1 Å². The van der Waals surface area contributed by atoms with Crippen molar-refractivity contribution >= 4 is 17.5 Å². The van der Waals surface area contributed by atoms with Crippen molar-refractivity contribution in [3.8, 4) is 5.75 Å². The first-order valence-electron chi connectivity index (χ1n) is 5.89. The van der Waals surface area contributed by atoms with Gasteiger partial charge in [0, 0.05) is 18.2 Å². The van der Waals surface area contributed by atoms with Crippen LogP contribution in [0.3, 0.4) is 0 Å². The third-order valence-electron chi connectivity index (χ3n) is 2.41. The van der Waals surface area contributed by atoms with Gasteiger partial charge in [0.15, 0.2) is 5.78 Å². The van der Waals surface area contributed by atoms with Crippen molar-refractivity contribution in [2.24, 2.45) is 0 Å². The van der Waals surface area contributed by atoms with Gasteiger partial charge in [0.2, 0.25) is 0 Å². The van der Waals surface area contributed by atoms with E-state index >= 15 is 0 Å². The molecule has 1 rings (SSSR count). The lowest BCUT2D eigenvalue weighted by molar-refractivity contribution is 0.104. The van der Waals surface area contributed by atoms with Crippen molar-refractivity contribution in [3.05, 3.63) is 40.9 Å². The summed E-state index contributed by atoms with van der Waals surface area (Å²) in [4.78, 5) is 12.0. The van der Waals surface area contributed by atoms with Gasteiger partial charge in [-0.2, -0.15) is 0 Å². The smallest absolute Gasteiger partial charge is 0.188 e. The molecule has 0 bridgehead atoms. The maximum atomic E-state index is 12.0. The van der Waals surface area contributed by atoms with E-state index in [-0.39, 0.29) is 5.78 Å². The largest absolute Gasteiger partial charge is 0.497 e. The molecule has 98 valence electrons. The van der Waals surface area contributed by atoms with Crippen LogP contribution in [0.25, 0.3) is 0 Å². The zero-order chi connectivity index (χ0) is 13.4. The summed E-state index contributed by atoms with van der Waals surface area (Å²) >= 11 is 1.54. The van der Waals surface area contributed by atoms with Crippen LogP contribution >= 0.6 is 11.8 Å². The lowest BCUT2D eigenvalue weighted by atomic mass is 10.1. The maximum Gasteiger partial charge on any atom is 0.188 e. The van der Waals surface area contributed by atoms with E-state index in [2.05, 4.69) is 12.2 Å². The summed E-state index contributed by atoms with van der Waals surface area (Å²) in [5.74, 6) is 0.760. The molecule has 1 N–H and O–H groups in total. The van der Waals surface area contributed by atoms with Crippen LogP contribution in [0.15, 0.2) is 35.4 Å². The van der Waals surface area contributed by atoms with E-state index in [0.717, 1.165) is 23.7 Å². The number of nitrogens with one attached hydrogen (secondary N) is 1. The van der Waals surface area contributed by atoms with E-state index in [0.29, 0.717) is 5.56 Å². The average molecular weight is 265 g/mol. The molecule has 0 amide bonds. The molecule has 3 nitrogen and oxygen atoms in total. The second-order valence-corrected chi connectivity index (χ2v) is 4.58. The van der Waals surface area contributed by atoms with Crippen molar-refractivity contribution in [2.45, 2.75) is 13.3 Å². The number of allylic oxidation sites excluding steroid dienone is 1. The maximum absolute atomic E-state index is 12.0. The third kappa shape index (κ3) is 4.45. The molecule has 0 unspecified atom stereocenters. The number of rotatable bonds is 7. The predicted octanol–water partition coefficient (Wildman–Crippen LogP) is 3.08. The fourth-order valence-corrected chi connectivity index (χ4v) is 1.86. The molecule has 0 spiro atoms. The highest BCUT2D eigenvalue weighted by Gasteiger charge is 2.04. The number of hydrogen-bond donors (Lipinski definition) is 1. The van der Waals surface area contributed by atoms with Crippen molar-refractivity contribution < 1.29 is 9.53 Å². The fourth-order valence-electron chi connectivity index (χ4n) is 1.39. The summed E-state index contributed by atoms with van der Waals surface area (Å²) in [6.07, 6.45) is 4.63. The van der Waals surface area contributed by atoms with Crippen molar-refractivity contribution in [1.29, 1.82) is 0 Å². The van der Waals surface area contributed by atoms with Crippen LogP contribution in [-0.2, 0) is 0 Å². The topological polar surface area (TPSA) is 38.3 Å². The monoisotopic (exact) mass is 265 g/mol. The van der Waals surface area contributed by atoms with Crippen LogP contribution in [0.2, 0.25) is 0 Å². The molecule has 0 aliphatic heterocycles. The van der Waals surface area contributed by atoms with Crippen LogP contribution in [0.1, 0.15) is 23.7 Å². The van der Waals surface area contributed by atoms with E-state index in [1.807, 2.05) is 6.26 Å². The number of ketones is 1. The lowest BCUT2D eigenvalue weighted by Gasteiger charge is -2.06. The van der Waals surface area contributed by atoms with E-state index in [9.17, 15) is 4.79 Å². The van der Waals surface area contributed by atoms with Gasteiger partial charge in [-0.3, -0.25) is 4.79 Å². The molecule has 1 aromatic rings. The summed E-state index contributed by atoms with van der Waals surface area (Å²) in [6, 6.07) is 7.13. The molecule has 0 aromatic heterocycles. The third-order valence-corrected chi connectivity index (χ3v) is 3.11. The van der Waals surface area contributed by atoms with Gasteiger partial charge < -0.3 is 10.1 Å². The first-order chi connectivity index (χ1) is 8.71. The van der Waals surface area contributed by atoms with Gasteiger partial charge in [-0.05, 0) is 36.9 Å².